The molecule has 1 unspecified atom stereocenters. The molecule has 1 atom stereocenters. The number of pyridine rings is 2. The Morgan fingerprint density at radius 3 is 2.70 bits per heavy atom. The number of aryl methyl sites for hydroxylation is 1. The van der Waals surface area contributed by atoms with Gasteiger partial charge < -0.3 is 14.9 Å². The van der Waals surface area contributed by atoms with Crippen LogP contribution in [-0.2, 0) is 6.54 Å². The monoisotopic (exact) mass is 415 g/mol. The summed E-state index contributed by atoms with van der Waals surface area (Å²) in [5.41, 5.74) is 2.90. The van der Waals surface area contributed by atoms with E-state index in [1.807, 2.05) is 6.92 Å². The molecule has 4 aromatic rings. The third kappa shape index (κ3) is 3.81. The molecule has 0 aliphatic carbocycles. The molecule has 4 rings (SSSR count). The molecule has 156 valence electrons. The fraction of sp³-hybridized carbons (Fsp3) is 0.250. The van der Waals surface area contributed by atoms with E-state index >= 15 is 0 Å². The van der Waals surface area contributed by atoms with E-state index in [4.69, 9.17) is 0 Å². The lowest BCUT2D eigenvalue weighted by atomic mass is 10.1. The number of alkyl halides is 2. The number of ether oxygens (including phenoxy) is 1. The van der Waals surface area contributed by atoms with Gasteiger partial charge in [-0.15, -0.1) is 0 Å². The Morgan fingerprint density at radius 1 is 1.17 bits per heavy atom. The van der Waals surface area contributed by atoms with Gasteiger partial charge in [0.05, 0.1) is 47.3 Å². The maximum atomic E-state index is 12.5. The Balaban J connectivity index is 1.75. The van der Waals surface area contributed by atoms with Gasteiger partial charge in [-0.05, 0) is 31.5 Å². The molecule has 2 N–H and O–H groups in total. The van der Waals surface area contributed by atoms with Crippen LogP contribution in [0.4, 0.5) is 8.78 Å². The minimum absolute atomic E-state index is 0.00561. The summed E-state index contributed by atoms with van der Waals surface area (Å²) in [6, 6.07) is 3.18. The Labute approximate surface area is 170 Å². The van der Waals surface area contributed by atoms with Gasteiger partial charge in [-0.25, -0.2) is 4.98 Å². The molecule has 0 saturated carbocycles. The van der Waals surface area contributed by atoms with Crippen molar-refractivity contribution in [2.24, 2.45) is 0 Å². The second-order valence-electron chi connectivity index (χ2n) is 6.96. The summed E-state index contributed by atoms with van der Waals surface area (Å²) < 4.78 is 32.5. The summed E-state index contributed by atoms with van der Waals surface area (Å²) in [6.07, 6.45) is 7.10. The molecule has 0 fully saturated rings. The van der Waals surface area contributed by atoms with Crippen molar-refractivity contribution in [1.82, 2.24) is 24.3 Å². The van der Waals surface area contributed by atoms with Crippen molar-refractivity contribution in [3.05, 3.63) is 48.7 Å². The SMILES string of the molecule is Cc1cc(-c2cncc(OC(F)F)c2)nc2cn(-c3cnn(CC(C)O)c3)c(O)c12. The number of aromatic hydroxyl groups is 1. The van der Waals surface area contributed by atoms with Crippen LogP contribution in [-0.4, -0.2) is 47.2 Å². The van der Waals surface area contributed by atoms with Crippen LogP contribution in [0.15, 0.2) is 43.1 Å². The molecule has 0 spiro atoms. The lowest BCUT2D eigenvalue weighted by Gasteiger charge is -2.07. The summed E-state index contributed by atoms with van der Waals surface area (Å²) in [6.45, 7) is 0.863. The lowest BCUT2D eigenvalue weighted by molar-refractivity contribution is -0.0500. The van der Waals surface area contributed by atoms with Gasteiger partial charge in [0, 0.05) is 24.2 Å². The normalized spacial score (nSPS) is 12.6. The number of aliphatic hydroxyl groups is 1. The first-order valence-electron chi connectivity index (χ1n) is 9.14. The van der Waals surface area contributed by atoms with Gasteiger partial charge in [0.2, 0.25) is 5.88 Å². The van der Waals surface area contributed by atoms with Crippen molar-refractivity contribution in [2.75, 3.05) is 0 Å². The highest BCUT2D eigenvalue weighted by molar-refractivity contribution is 5.90. The molecule has 0 aliphatic rings. The molecule has 4 heterocycles. The maximum Gasteiger partial charge on any atom is 0.387 e. The smallest absolute Gasteiger partial charge is 0.387 e. The van der Waals surface area contributed by atoms with Gasteiger partial charge >= 0.3 is 6.61 Å². The van der Waals surface area contributed by atoms with E-state index in [0.29, 0.717) is 34.4 Å². The van der Waals surface area contributed by atoms with E-state index in [9.17, 15) is 19.0 Å². The molecule has 0 bridgehead atoms. The highest BCUT2D eigenvalue weighted by Gasteiger charge is 2.17. The minimum Gasteiger partial charge on any atom is -0.494 e. The van der Waals surface area contributed by atoms with Crippen LogP contribution in [0.1, 0.15) is 12.5 Å². The quantitative estimate of drug-likeness (QED) is 0.502. The number of aromatic nitrogens is 5. The average molecular weight is 415 g/mol. The first-order valence-corrected chi connectivity index (χ1v) is 9.14. The van der Waals surface area contributed by atoms with Crippen LogP contribution in [0, 0.1) is 6.92 Å². The summed E-state index contributed by atoms with van der Waals surface area (Å²) in [4.78, 5) is 8.49. The molecule has 8 nitrogen and oxygen atoms in total. The molecule has 10 heteroatoms. The van der Waals surface area contributed by atoms with Gasteiger partial charge in [0.1, 0.15) is 5.75 Å². The van der Waals surface area contributed by atoms with Crippen molar-refractivity contribution in [1.29, 1.82) is 0 Å². The zero-order valence-corrected chi connectivity index (χ0v) is 16.2. The zero-order chi connectivity index (χ0) is 21.4. The molecular weight excluding hydrogens is 396 g/mol. The van der Waals surface area contributed by atoms with E-state index < -0.39 is 12.7 Å². The number of nitrogens with zero attached hydrogens (tertiary/aromatic N) is 5. The second-order valence-corrected chi connectivity index (χ2v) is 6.96. The number of rotatable bonds is 6. The average Bonchev–Trinajstić information content (AvgIpc) is 3.25. The summed E-state index contributed by atoms with van der Waals surface area (Å²) in [7, 11) is 0. The summed E-state index contributed by atoms with van der Waals surface area (Å²) in [5, 5.41) is 25.0. The van der Waals surface area contributed by atoms with Crippen LogP contribution in [0.25, 0.3) is 27.8 Å². The Morgan fingerprint density at radius 2 is 1.97 bits per heavy atom. The number of aliphatic hydroxyl groups excluding tert-OH is 1. The fourth-order valence-corrected chi connectivity index (χ4v) is 3.30. The summed E-state index contributed by atoms with van der Waals surface area (Å²) >= 11 is 0. The summed E-state index contributed by atoms with van der Waals surface area (Å²) in [5.74, 6) is -0.0564. The topological polar surface area (TPSA) is 98.2 Å². The van der Waals surface area contributed by atoms with Gasteiger partial charge in [0.25, 0.3) is 0 Å². The largest absolute Gasteiger partial charge is 0.494 e. The molecule has 4 aromatic heterocycles. The minimum atomic E-state index is -2.94. The zero-order valence-electron chi connectivity index (χ0n) is 16.2. The predicted molar refractivity (Wildman–Crippen MR) is 105 cm³/mol. The van der Waals surface area contributed by atoms with Crippen molar-refractivity contribution in [3.8, 4) is 28.6 Å². The first-order chi connectivity index (χ1) is 14.3. The Hall–Kier alpha value is -3.53. The molecule has 0 aromatic carbocycles. The van der Waals surface area contributed by atoms with Crippen molar-refractivity contribution < 1.29 is 23.7 Å². The third-order valence-corrected chi connectivity index (χ3v) is 4.53. The van der Waals surface area contributed by atoms with E-state index in [0.717, 1.165) is 5.56 Å². The van der Waals surface area contributed by atoms with Crippen LogP contribution >= 0.6 is 0 Å². The third-order valence-electron chi connectivity index (χ3n) is 4.53. The van der Waals surface area contributed by atoms with Crippen LogP contribution in [0.5, 0.6) is 11.6 Å². The lowest BCUT2D eigenvalue weighted by Crippen LogP contribution is -2.11. The second kappa shape index (κ2) is 7.71. The van der Waals surface area contributed by atoms with Crippen LogP contribution in [0.2, 0.25) is 0 Å². The van der Waals surface area contributed by atoms with E-state index in [-0.39, 0.29) is 11.6 Å². The Kier molecular flexibility index (Phi) is 5.08. The van der Waals surface area contributed by atoms with Gasteiger partial charge in [-0.3, -0.25) is 14.2 Å². The maximum absolute atomic E-state index is 12.5. The number of hydrogen-bond donors (Lipinski definition) is 2. The predicted octanol–water partition coefficient (Wildman–Crippen LogP) is 3.28. The van der Waals surface area contributed by atoms with Crippen molar-refractivity contribution in [2.45, 2.75) is 33.1 Å². The van der Waals surface area contributed by atoms with Gasteiger partial charge in [-0.1, -0.05) is 0 Å². The van der Waals surface area contributed by atoms with Crippen molar-refractivity contribution in [3.63, 3.8) is 0 Å². The van der Waals surface area contributed by atoms with Gasteiger partial charge in [-0.2, -0.15) is 13.9 Å². The Bertz CT molecular complexity index is 1200. The standard InChI is InChI=1S/C20H19F2N5O3/c1-11-3-16(13-4-15(7-23-5-13)30-20(21)22)25-17-10-27(19(29)18(11)17)14-6-24-26(9-14)8-12(2)28/h3-7,9-10,12,20,28-29H,8H2,1-2H3. The highest BCUT2D eigenvalue weighted by Crippen LogP contribution is 2.34. The van der Waals surface area contributed by atoms with E-state index in [1.165, 1.54) is 18.5 Å². The van der Waals surface area contributed by atoms with Crippen LogP contribution < -0.4 is 4.74 Å². The fourth-order valence-electron chi connectivity index (χ4n) is 3.30. The van der Waals surface area contributed by atoms with Crippen molar-refractivity contribution >= 4 is 10.9 Å². The molecule has 0 saturated heterocycles. The van der Waals surface area contributed by atoms with Gasteiger partial charge in [0.15, 0.2) is 0 Å². The highest BCUT2D eigenvalue weighted by atomic mass is 19.3. The number of fused-ring (bicyclic) bond motifs is 1. The molecule has 30 heavy (non-hydrogen) atoms. The molecule has 0 aliphatic heterocycles. The number of hydrogen-bond acceptors (Lipinski definition) is 6. The van der Waals surface area contributed by atoms with Crippen LogP contribution in [0.3, 0.4) is 0 Å². The molecule has 0 radical (unpaired) electrons. The number of halogens is 2. The molecule has 0 amide bonds. The van der Waals surface area contributed by atoms with E-state index in [1.54, 1.807) is 40.8 Å². The molecular formula is C20H19F2N5O3. The van der Waals surface area contributed by atoms with E-state index in [2.05, 4.69) is 19.8 Å². The first kappa shape index (κ1) is 19.8.